The van der Waals surface area contributed by atoms with E-state index in [9.17, 15) is 9.18 Å². The quantitative estimate of drug-likeness (QED) is 0.539. The molecule has 1 N–H and O–H groups in total. The van der Waals surface area contributed by atoms with Crippen LogP contribution in [0.4, 0.5) is 15.8 Å². The molecule has 1 aliphatic heterocycles. The average Bonchev–Trinajstić information content (AvgIpc) is 3.23. The molecule has 0 spiro atoms. The molecule has 1 amide bonds. The molecular weight excluding hydrogens is 441 g/mol. The molecule has 0 unspecified atom stereocenters. The van der Waals surface area contributed by atoms with Crippen molar-refractivity contribution in [3.8, 4) is 17.2 Å². The van der Waals surface area contributed by atoms with Gasteiger partial charge < -0.3 is 24.4 Å². The van der Waals surface area contributed by atoms with E-state index in [4.69, 9.17) is 14.2 Å². The number of ether oxygens (including phenoxy) is 3. The largest absolute Gasteiger partial charge is 0.492 e. The SMILES string of the molecule is CCOc1cc(N2CCOCC2)c(OCC)cc1NC(=O)c1nc(C)n(-c2ccc(F)cc2)n1. The maximum Gasteiger partial charge on any atom is 0.295 e. The molecule has 1 fully saturated rings. The number of carbonyl (C=O) groups excluding carboxylic acids is 1. The maximum atomic E-state index is 13.3. The molecule has 3 aromatic rings. The summed E-state index contributed by atoms with van der Waals surface area (Å²) in [6.07, 6.45) is 0. The average molecular weight is 470 g/mol. The number of halogens is 1. The predicted octanol–water partition coefficient (Wildman–Crippen LogP) is 3.60. The summed E-state index contributed by atoms with van der Waals surface area (Å²) in [7, 11) is 0. The maximum absolute atomic E-state index is 13.3. The summed E-state index contributed by atoms with van der Waals surface area (Å²) in [6.45, 7) is 9.16. The third-order valence-electron chi connectivity index (χ3n) is 5.30. The number of amides is 1. The van der Waals surface area contributed by atoms with Crippen LogP contribution in [0.15, 0.2) is 36.4 Å². The van der Waals surface area contributed by atoms with Crippen LogP contribution in [-0.2, 0) is 4.74 Å². The Hall–Kier alpha value is -3.66. The van der Waals surface area contributed by atoms with Crippen molar-refractivity contribution in [3.05, 3.63) is 53.9 Å². The van der Waals surface area contributed by atoms with Crippen molar-refractivity contribution < 1.29 is 23.4 Å². The van der Waals surface area contributed by atoms with Crippen molar-refractivity contribution in [2.75, 3.05) is 49.7 Å². The van der Waals surface area contributed by atoms with Gasteiger partial charge in [0.05, 0.1) is 43.5 Å². The third kappa shape index (κ3) is 5.12. The molecule has 9 nitrogen and oxygen atoms in total. The first kappa shape index (κ1) is 23.5. The molecule has 34 heavy (non-hydrogen) atoms. The number of aromatic nitrogens is 3. The first-order valence-corrected chi connectivity index (χ1v) is 11.3. The molecule has 1 aromatic heterocycles. The van der Waals surface area contributed by atoms with E-state index in [0.717, 1.165) is 18.8 Å². The molecule has 0 atom stereocenters. The van der Waals surface area contributed by atoms with Gasteiger partial charge in [0.15, 0.2) is 0 Å². The van der Waals surface area contributed by atoms with Crippen molar-refractivity contribution in [2.24, 2.45) is 0 Å². The van der Waals surface area contributed by atoms with Crippen LogP contribution in [0.25, 0.3) is 5.69 Å². The number of carbonyl (C=O) groups is 1. The number of rotatable bonds is 8. The molecule has 180 valence electrons. The van der Waals surface area contributed by atoms with E-state index in [-0.39, 0.29) is 11.6 Å². The van der Waals surface area contributed by atoms with Crippen molar-refractivity contribution in [1.29, 1.82) is 0 Å². The Bertz CT molecular complexity index is 1140. The van der Waals surface area contributed by atoms with Gasteiger partial charge in [-0.05, 0) is 45.0 Å². The van der Waals surface area contributed by atoms with Crippen molar-refractivity contribution in [2.45, 2.75) is 20.8 Å². The van der Waals surface area contributed by atoms with Crippen LogP contribution in [0.3, 0.4) is 0 Å². The molecule has 1 aliphatic rings. The number of hydrogen-bond donors (Lipinski definition) is 1. The molecule has 10 heteroatoms. The lowest BCUT2D eigenvalue weighted by Crippen LogP contribution is -2.36. The van der Waals surface area contributed by atoms with Gasteiger partial charge in [0.2, 0.25) is 5.82 Å². The van der Waals surface area contributed by atoms with Gasteiger partial charge in [-0.15, -0.1) is 5.10 Å². The molecule has 2 aromatic carbocycles. The monoisotopic (exact) mass is 469 g/mol. The number of anilines is 2. The van der Waals surface area contributed by atoms with Gasteiger partial charge in [-0.2, -0.15) is 0 Å². The van der Waals surface area contributed by atoms with Gasteiger partial charge >= 0.3 is 0 Å². The molecule has 0 saturated carbocycles. The fourth-order valence-electron chi connectivity index (χ4n) is 3.74. The molecule has 0 aliphatic carbocycles. The van der Waals surface area contributed by atoms with E-state index in [1.54, 1.807) is 25.1 Å². The Morgan fingerprint density at radius 1 is 1.09 bits per heavy atom. The van der Waals surface area contributed by atoms with E-state index < -0.39 is 5.91 Å². The highest BCUT2D eigenvalue weighted by atomic mass is 19.1. The Kier molecular flexibility index (Phi) is 7.27. The number of nitrogens with zero attached hydrogens (tertiary/aromatic N) is 4. The second-order valence-corrected chi connectivity index (χ2v) is 7.61. The summed E-state index contributed by atoms with van der Waals surface area (Å²) in [6, 6.07) is 9.45. The molecule has 0 bridgehead atoms. The van der Waals surface area contributed by atoms with Crippen LogP contribution >= 0.6 is 0 Å². The Morgan fingerprint density at radius 3 is 2.44 bits per heavy atom. The highest BCUT2D eigenvalue weighted by Gasteiger charge is 2.22. The second-order valence-electron chi connectivity index (χ2n) is 7.61. The lowest BCUT2D eigenvalue weighted by atomic mass is 10.2. The molecule has 2 heterocycles. The summed E-state index contributed by atoms with van der Waals surface area (Å²) < 4.78 is 32.0. The highest BCUT2D eigenvalue weighted by molar-refractivity contribution is 6.03. The zero-order valence-electron chi connectivity index (χ0n) is 19.5. The Labute approximate surface area is 197 Å². The van der Waals surface area contributed by atoms with Gasteiger partial charge in [0.1, 0.15) is 23.1 Å². The van der Waals surface area contributed by atoms with Crippen molar-refractivity contribution in [1.82, 2.24) is 14.8 Å². The first-order chi connectivity index (χ1) is 16.5. The minimum Gasteiger partial charge on any atom is -0.492 e. The highest BCUT2D eigenvalue weighted by Crippen LogP contribution is 2.39. The van der Waals surface area contributed by atoms with Crippen LogP contribution < -0.4 is 19.7 Å². The second kappa shape index (κ2) is 10.5. The lowest BCUT2D eigenvalue weighted by molar-refractivity contribution is 0.101. The van der Waals surface area contributed by atoms with E-state index in [1.165, 1.54) is 16.8 Å². The van der Waals surface area contributed by atoms with Gasteiger partial charge in [-0.3, -0.25) is 4.79 Å². The zero-order chi connectivity index (χ0) is 24.1. The van der Waals surface area contributed by atoms with Crippen molar-refractivity contribution in [3.63, 3.8) is 0 Å². The normalized spacial score (nSPS) is 13.6. The smallest absolute Gasteiger partial charge is 0.295 e. The van der Waals surface area contributed by atoms with E-state index in [2.05, 4.69) is 20.3 Å². The van der Waals surface area contributed by atoms with Crippen LogP contribution in [-0.4, -0.2) is 60.2 Å². The topological polar surface area (TPSA) is 90.7 Å². The zero-order valence-corrected chi connectivity index (χ0v) is 19.5. The van der Waals surface area contributed by atoms with Crippen LogP contribution in [0, 0.1) is 12.7 Å². The summed E-state index contributed by atoms with van der Waals surface area (Å²) in [5.41, 5.74) is 1.96. The standard InChI is InChI=1S/C24H28FN5O4/c1-4-33-21-15-20(29-10-12-32-13-11-29)22(34-5-2)14-19(21)27-24(31)23-26-16(3)30(28-23)18-8-6-17(25)7-9-18/h6-9,14-15H,4-5,10-13H2,1-3H3,(H,27,31). The van der Waals surface area contributed by atoms with Gasteiger partial charge in [-0.1, -0.05) is 0 Å². The fraction of sp³-hybridized carbons (Fsp3) is 0.375. The molecule has 0 radical (unpaired) electrons. The van der Waals surface area contributed by atoms with E-state index in [1.807, 2.05) is 19.9 Å². The molecule has 4 rings (SSSR count). The minimum atomic E-state index is -0.494. The van der Waals surface area contributed by atoms with Crippen LogP contribution in [0.1, 0.15) is 30.3 Å². The third-order valence-corrected chi connectivity index (χ3v) is 5.30. The number of nitrogens with one attached hydrogen (secondary N) is 1. The Balaban J connectivity index is 1.63. The number of aryl methyl sites for hydroxylation is 1. The number of benzene rings is 2. The predicted molar refractivity (Wildman–Crippen MR) is 126 cm³/mol. The van der Waals surface area contributed by atoms with Crippen LogP contribution in [0.5, 0.6) is 11.5 Å². The summed E-state index contributed by atoms with van der Waals surface area (Å²) in [5, 5.41) is 7.16. The molecule has 1 saturated heterocycles. The fourth-order valence-corrected chi connectivity index (χ4v) is 3.74. The van der Waals surface area contributed by atoms with E-state index >= 15 is 0 Å². The summed E-state index contributed by atoms with van der Waals surface area (Å²) in [4.78, 5) is 19.5. The number of hydrogen-bond acceptors (Lipinski definition) is 7. The van der Waals surface area contributed by atoms with Crippen molar-refractivity contribution >= 4 is 17.3 Å². The van der Waals surface area contributed by atoms with Gasteiger partial charge in [0.25, 0.3) is 5.91 Å². The Morgan fingerprint density at radius 2 is 1.76 bits per heavy atom. The first-order valence-electron chi connectivity index (χ1n) is 11.3. The number of morpholine rings is 1. The van der Waals surface area contributed by atoms with Gasteiger partial charge in [0, 0.05) is 25.2 Å². The minimum absolute atomic E-state index is 0.0144. The summed E-state index contributed by atoms with van der Waals surface area (Å²) in [5.74, 6) is 0.804. The molecular formula is C24H28FN5O4. The summed E-state index contributed by atoms with van der Waals surface area (Å²) >= 11 is 0. The van der Waals surface area contributed by atoms with E-state index in [0.29, 0.717) is 55.1 Å². The lowest BCUT2D eigenvalue weighted by Gasteiger charge is -2.31. The van der Waals surface area contributed by atoms with Crippen LogP contribution in [0.2, 0.25) is 0 Å². The van der Waals surface area contributed by atoms with Gasteiger partial charge in [-0.25, -0.2) is 14.1 Å².